The Morgan fingerprint density at radius 3 is 3.00 bits per heavy atom. The Bertz CT molecular complexity index is 322. The number of hydrogen-bond donors (Lipinski definition) is 3. The molecule has 7 heteroatoms. The Morgan fingerprint density at radius 1 is 1.73 bits per heavy atom. The normalized spacial score (nSPS) is 13.1. The largest absolute Gasteiger partial charge is 0.409 e. The van der Waals surface area contributed by atoms with Crippen molar-refractivity contribution in [1.82, 2.24) is 15.2 Å². The van der Waals surface area contributed by atoms with E-state index in [0.29, 0.717) is 0 Å². The van der Waals surface area contributed by atoms with E-state index >= 15 is 0 Å². The summed E-state index contributed by atoms with van der Waals surface area (Å²) < 4.78 is 0. The van der Waals surface area contributed by atoms with Gasteiger partial charge in [0.1, 0.15) is 12.2 Å². The van der Waals surface area contributed by atoms with Gasteiger partial charge in [-0.2, -0.15) is 5.10 Å². The van der Waals surface area contributed by atoms with E-state index < -0.39 is 0 Å². The van der Waals surface area contributed by atoms with Crippen molar-refractivity contribution < 1.29 is 5.21 Å². The fourth-order valence-electron chi connectivity index (χ4n) is 0.930. The zero-order valence-electron chi connectivity index (χ0n) is 8.77. The smallest absolute Gasteiger partial charge is 0.183 e. The molecule has 84 valence electrons. The number of nitrogens with zero attached hydrogens (tertiary/aromatic N) is 3. The summed E-state index contributed by atoms with van der Waals surface area (Å²) in [5.41, 5.74) is 5.26. The maximum Gasteiger partial charge on any atom is 0.183 e. The summed E-state index contributed by atoms with van der Waals surface area (Å²) >= 11 is 1.56. The summed E-state index contributed by atoms with van der Waals surface area (Å²) in [7, 11) is 0. The molecule has 1 rings (SSSR count). The fraction of sp³-hybridized carbons (Fsp3) is 0.625. The van der Waals surface area contributed by atoms with Crippen LogP contribution in [0.4, 0.5) is 0 Å². The molecule has 0 unspecified atom stereocenters. The van der Waals surface area contributed by atoms with E-state index in [0.717, 1.165) is 17.3 Å². The molecule has 0 saturated heterocycles. The van der Waals surface area contributed by atoms with Gasteiger partial charge in [-0.25, -0.2) is 4.98 Å². The molecule has 1 heterocycles. The van der Waals surface area contributed by atoms with E-state index in [1.807, 2.05) is 13.8 Å². The van der Waals surface area contributed by atoms with Gasteiger partial charge in [-0.05, 0) is 6.42 Å². The summed E-state index contributed by atoms with van der Waals surface area (Å²) in [5, 5.41) is 18.9. The van der Waals surface area contributed by atoms with Crippen molar-refractivity contribution in [2.45, 2.75) is 25.4 Å². The van der Waals surface area contributed by atoms with Gasteiger partial charge >= 0.3 is 0 Å². The number of nitrogens with one attached hydrogen (secondary N) is 1. The van der Waals surface area contributed by atoms with Gasteiger partial charge in [-0.15, -0.1) is 0 Å². The van der Waals surface area contributed by atoms with Crippen LogP contribution in [0.15, 0.2) is 16.6 Å². The Hall–Kier alpha value is -1.24. The van der Waals surface area contributed by atoms with Gasteiger partial charge in [-0.3, -0.25) is 5.10 Å². The Labute approximate surface area is 92.3 Å². The van der Waals surface area contributed by atoms with Crippen molar-refractivity contribution in [1.29, 1.82) is 0 Å². The van der Waals surface area contributed by atoms with Crippen LogP contribution in [-0.2, 0) is 0 Å². The van der Waals surface area contributed by atoms with Crippen LogP contribution in [0.25, 0.3) is 0 Å². The molecule has 6 nitrogen and oxygen atoms in total. The highest BCUT2D eigenvalue weighted by atomic mass is 32.2. The zero-order chi connectivity index (χ0) is 11.3. The van der Waals surface area contributed by atoms with E-state index in [4.69, 9.17) is 10.9 Å². The molecule has 0 spiro atoms. The molecule has 0 aromatic carbocycles. The molecule has 1 aromatic rings. The first kappa shape index (κ1) is 11.8. The van der Waals surface area contributed by atoms with Gasteiger partial charge in [0.15, 0.2) is 5.16 Å². The van der Waals surface area contributed by atoms with Crippen LogP contribution in [0.2, 0.25) is 0 Å². The summed E-state index contributed by atoms with van der Waals surface area (Å²) in [6, 6.07) is 0. The second-order valence-corrected chi connectivity index (χ2v) is 4.84. The predicted octanol–water partition coefficient (Wildman–Crippen LogP) is 1.06. The fourth-order valence-corrected chi connectivity index (χ4v) is 1.97. The molecule has 0 fully saturated rings. The molecule has 0 aliphatic heterocycles. The lowest BCUT2D eigenvalue weighted by atomic mass is 9.89. The molecular weight excluding hydrogens is 214 g/mol. The van der Waals surface area contributed by atoms with Crippen LogP contribution in [-0.4, -0.2) is 32.0 Å². The standard InChI is InChI=1S/C8H15N5OS/c1-8(2,6(9)13-14)3-4-15-7-10-5-11-12-7/h5,14H,3-4H2,1-2H3,(H2,9,13)(H,10,11,12). The highest BCUT2D eigenvalue weighted by molar-refractivity contribution is 7.99. The zero-order valence-corrected chi connectivity index (χ0v) is 9.58. The maximum atomic E-state index is 8.58. The molecule has 0 amide bonds. The maximum absolute atomic E-state index is 8.58. The summed E-state index contributed by atoms with van der Waals surface area (Å²) in [6.45, 7) is 3.87. The van der Waals surface area contributed by atoms with Gasteiger partial charge < -0.3 is 10.9 Å². The molecule has 0 bridgehead atoms. The van der Waals surface area contributed by atoms with Crippen LogP contribution in [0.5, 0.6) is 0 Å². The average molecular weight is 229 g/mol. The van der Waals surface area contributed by atoms with Crippen molar-refractivity contribution in [3.05, 3.63) is 6.33 Å². The van der Waals surface area contributed by atoms with Gasteiger partial charge in [0.25, 0.3) is 0 Å². The topological polar surface area (TPSA) is 100 Å². The van der Waals surface area contributed by atoms with Crippen LogP contribution < -0.4 is 5.73 Å². The molecule has 0 radical (unpaired) electrons. The number of hydrogen-bond acceptors (Lipinski definition) is 5. The van der Waals surface area contributed by atoms with Gasteiger partial charge in [-0.1, -0.05) is 30.8 Å². The first-order valence-corrected chi connectivity index (χ1v) is 5.51. The number of nitrogens with two attached hydrogens (primary N) is 1. The highest BCUT2D eigenvalue weighted by Gasteiger charge is 2.23. The number of oxime groups is 1. The number of H-pyrrole nitrogens is 1. The van der Waals surface area contributed by atoms with Gasteiger partial charge in [0, 0.05) is 11.2 Å². The summed E-state index contributed by atoms with van der Waals surface area (Å²) in [4.78, 5) is 3.99. The van der Waals surface area contributed by atoms with Crippen molar-refractivity contribution in [3.63, 3.8) is 0 Å². The van der Waals surface area contributed by atoms with E-state index in [9.17, 15) is 0 Å². The number of aromatic amines is 1. The lowest BCUT2D eigenvalue weighted by Gasteiger charge is -2.21. The minimum absolute atomic E-state index is 0.251. The third-order valence-electron chi connectivity index (χ3n) is 2.16. The Kier molecular flexibility index (Phi) is 3.96. The van der Waals surface area contributed by atoms with Crippen LogP contribution in [0.1, 0.15) is 20.3 Å². The first-order chi connectivity index (χ1) is 7.06. The van der Waals surface area contributed by atoms with E-state index in [-0.39, 0.29) is 11.3 Å². The molecule has 0 saturated carbocycles. The molecular formula is C8H15N5OS. The molecule has 1 aromatic heterocycles. The number of amidine groups is 1. The van der Waals surface area contributed by atoms with Crippen molar-refractivity contribution in [2.24, 2.45) is 16.3 Å². The highest BCUT2D eigenvalue weighted by Crippen LogP contribution is 2.24. The number of rotatable bonds is 5. The second kappa shape index (κ2) is 5.01. The molecule has 15 heavy (non-hydrogen) atoms. The minimum atomic E-state index is -0.304. The van der Waals surface area contributed by atoms with Gasteiger partial charge in [0.05, 0.1) is 0 Å². The van der Waals surface area contributed by atoms with E-state index in [1.165, 1.54) is 6.33 Å². The van der Waals surface area contributed by atoms with Crippen LogP contribution in [0.3, 0.4) is 0 Å². The van der Waals surface area contributed by atoms with E-state index in [2.05, 4.69) is 20.3 Å². The third-order valence-corrected chi connectivity index (χ3v) is 3.04. The quantitative estimate of drug-likeness (QED) is 0.230. The van der Waals surface area contributed by atoms with Crippen molar-refractivity contribution in [2.75, 3.05) is 5.75 Å². The van der Waals surface area contributed by atoms with E-state index in [1.54, 1.807) is 11.8 Å². The lowest BCUT2D eigenvalue weighted by Crippen LogP contribution is -2.32. The molecule has 4 N–H and O–H groups in total. The molecule has 0 atom stereocenters. The van der Waals surface area contributed by atoms with Crippen molar-refractivity contribution >= 4 is 17.6 Å². The molecule has 0 aliphatic rings. The van der Waals surface area contributed by atoms with Crippen LogP contribution >= 0.6 is 11.8 Å². The monoisotopic (exact) mass is 229 g/mol. The first-order valence-electron chi connectivity index (χ1n) is 4.52. The minimum Gasteiger partial charge on any atom is -0.409 e. The lowest BCUT2D eigenvalue weighted by molar-refractivity contribution is 0.307. The number of thioether (sulfide) groups is 1. The molecule has 0 aliphatic carbocycles. The van der Waals surface area contributed by atoms with Crippen molar-refractivity contribution in [3.8, 4) is 0 Å². The number of aromatic nitrogens is 3. The average Bonchev–Trinajstić information content (AvgIpc) is 2.69. The summed E-state index contributed by atoms with van der Waals surface area (Å²) in [6.07, 6.45) is 2.27. The van der Waals surface area contributed by atoms with Gasteiger partial charge in [0.2, 0.25) is 0 Å². The Balaban J connectivity index is 2.37. The van der Waals surface area contributed by atoms with Crippen LogP contribution in [0, 0.1) is 5.41 Å². The summed E-state index contributed by atoms with van der Waals surface area (Å²) in [5.74, 6) is 1.08. The SMILES string of the molecule is CC(C)(CCSc1ncn[nH]1)C(N)=NO. The predicted molar refractivity (Wildman–Crippen MR) is 58.9 cm³/mol. The second-order valence-electron chi connectivity index (χ2n) is 3.76. The third kappa shape index (κ3) is 3.43. The Morgan fingerprint density at radius 2 is 2.47 bits per heavy atom.